The smallest absolute Gasteiger partial charge is 0.271 e. The molecule has 0 aliphatic rings. The first-order valence-corrected chi connectivity index (χ1v) is 6.43. The van der Waals surface area contributed by atoms with Crippen molar-refractivity contribution in [2.24, 2.45) is 5.10 Å². The predicted molar refractivity (Wildman–Crippen MR) is 77.3 cm³/mol. The van der Waals surface area contributed by atoms with E-state index < -0.39 is 11.7 Å². The van der Waals surface area contributed by atoms with E-state index in [-0.39, 0.29) is 5.75 Å². The van der Waals surface area contributed by atoms with Crippen LogP contribution in [0.25, 0.3) is 0 Å². The van der Waals surface area contributed by atoms with Crippen LogP contribution in [0.15, 0.2) is 52.0 Å². The van der Waals surface area contributed by atoms with Crippen molar-refractivity contribution >= 4 is 28.1 Å². The molecule has 0 saturated carbocycles. The molecule has 2 rings (SSSR count). The van der Waals surface area contributed by atoms with Gasteiger partial charge in [-0.05, 0) is 64.0 Å². The highest BCUT2D eigenvalue weighted by atomic mass is 79.9. The summed E-state index contributed by atoms with van der Waals surface area (Å²) >= 11 is 3.18. The Labute approximate surface area is 123 Å². The van der Waals surface area contributed by atoms with E-state index in [0.717, 1.165) is 0 Å². The average molecular weight is 337 g/mol. The van der Waals surface area contributed by atoms with Gasteiger partial charge in [-0.15, -0.1) is 0 Å². The topological polar surface area (TPSA) is 61.7 Å². The molecule has 6 heteroatoms. The van der Waals surface area contributed by atoms with Gasteiger partial charge in [0.05, 0.1) is 10.7 Å². The van der Waals surface area contributed by atoms with Gasteiger partial charge < -0.3 is 5.11 Å². The van der Waals surface area contributed by atoms with Crippen molar-refractivity contribution in [3.8, 4) is 5.75 Å². The lowest BCUT2D eigenvalue weighted by Crippen LogP contribution is -2.17. The fraction of sp³-hybridized carbons (Fsp3) is 0. The summed E-state index contributed by atoms with van der Waals surface area (Å²) in [6, 6.07) is 9.96. The number of rotatable bonds is 3. The number of phenolic OH excluding ortho intramolecular Hbond substituents is 1. The molecule has 4 nitrogen and oxygen atoms in total. The summed E-state index contributed by atoms with van der Waals surface area (Å²) in [5.41, 5.74) is 3.35. The van der Waals surface area contributed by atoms with Gasteiger partial charge in [0.2, 0.25) is 0 Å². The van der Waals surface area contributed by atoms with Crippen molar-refractivity contribution in [1.82, 2.24) is 5.43 Å². The number of nitrogens with one attached hydrogen (secondary N) is 1. The number of phenols is 1. The Morgan fingerprint density at radius 2 is 1.95 bits per heavy atom. The van der Waals surface area contributed by atoms with Gasteiger partial charge in [-0.25, -0.2) is 9.82 Å². The Balaban J connectivity index is 2.00. The van der Waals surface area contributed by atoms with Crippen molar-refractivity contribution in [2.45, 2.75) is 0 Å². The zero-order valence-corrected chi connectivity index (χ0v) is 11.8. The zero-order chi connectivity index (χ0) is 14.5. The lowest BCUT2D eigenvalue weighted by atomic mass is 10.2. The average Bonchev–Trinajstić information content (AvgIpc) is 2.43. The van der Waals surface area contributed by atoms with Crippen LogP contribution in [0.3, 0.4) is 0 Å². The van der Waals surface area contributed by atoms with Crippen LogP contribution < -0.4 is 5.43 Å². The first-order chi connectivity index (χ1) is 9.56. The quantitative estimate of drug-likeness (QED) is 0.668. The number of amides is 1. The van der Waals surface area contributed by atoms with Crippen LogP contribution in [0.4, 0.5) is 4.39 Å². The van der Waals surface area contributed by atoms with Crippen LogP contribution in [0.1, 0.15) is 15.9 Å². The second kappa shape index (κ2) is 6.29. The minimum absolute atomic E-state index is 0.123. The summed E-state index contributed by atoms with van der Waals surface area (Å²) in [5.74, 6) is -0.712. The summed E-state index contributed by atoms with van der Waals surface area (Å²) in [4.78, 5) is 11.7. The van der Waals surface area contributed by atoms with Gasteiger partial charge in [-0.3, -0.25) is 4.79 Å². The van der Waals surface area contributed by atoms with Gasteiger partial charge in [0.1, 0.15) is 11.6 Å². The van der Waals surface area contributed by atoms with Crippen molar-refractivity contribution in [2.75, 3.05) is 0 Å². The van der Waals surface area contributed by atoms with Gasteiger partial charge in [0.25, 0.3) is 5.91 Å². The van der Waals surface area contributed by atoms with E-state index in [1.807, 2.05) is 0 Å². The Morgan fingerprint density at radius 1 is 1.25 bits per heavy atom. The van der Waals surface area contributed by atoms with Crippen molar-refractivity contribution in [1.29, 1.82) is 0 Å². The molecule has 0 fully saturated rings. The van der Waals surface area contributed by atoms with E-state index in [4.69, 9.17) is 0 Å². The van der Waals surface area contributed by atoms with Crippen LogP contribution in [0.2, 0.25) is 0 Å². The maximum Gasteiger partial charge on any atom is 0.271 e. The molecule has 0 aromatic heterocycles. The molecule has 0 heterocycles. The van der Waals surface area contributed by atoms with Crippen LogP contribution >= 0.6 is 15.9 Å². The van der Waals surface area contributed by atoms with E-state index in [1.165, 1.54) is 36.5 Å². The number of hydrazone groups is 1. The highest BCUT2D eigenvalue weighted by molar-refractivity contribution is 9.10. The summed E-state index contributed by atoms with van der Waals surface area (Å²) < 4.78 is 13.2. The van der Waals surface area contributed by atoms with E-state index in [9.17, 15) is 14.3 Å². The lowest BCUT2D eigenvalue weighted by molar-refractivity contribution is 0.0955. The largest absolute Gasteiger partial charge is 0.507 e. The Bertz CT molecular complexity index is 657. The van der Waals surface area contributed by atoms with E-state index in [1.54, 1.807) is 12.1 Å². The molecule has 20 heavy (non-hydrogen) atoms. The molecule has 102 valence electrons. The highest BCUT2D eigenvalue weighted by Gasteiger charge is 2.03. The highest BCUT2D eigenvalue weighted by Crippen LogP contribution is 2.23. The number of carbonyl (C=O) groups excluding carboxylic acids is 1. The Hall–Kier alpha value is -2.21. The minimum atomic E-state index is -0.431. The molecule has 0 unspecified atom stereocenters. The van der Waals surface area contributed by atoms with Gasteiger partial charge >= 0.3 is 0 Å². The van der Waals surface area contributed by atoms with Crippen LogP contribution in [-0.4, -0.2) is 17.2 Å². The van der Waals surface area contributed by atoms with Crippen LogP contribution in [0, 0.1) is 5.82 Å². The van der Waals surface area contributed by atoms with Gasteiger partial charge in [-0.1, -0.05) is 0 Å². The standard InChI is InChI=1S/C14H10BrFN2O2/c15-12-7-9(1-6-13(12)19)8-17-18-14(20)10-2-4-11(16)5-3-10/h1-8,19H,(H,18,20)/b17-8-. The first-order valence-electron chi connectivity index (χ1n) is 5.64. The molecule has 1 amide bonds. The number of carbonyl (C=O) groups is 1. The fourth-order valence-corrected chi connectivity index (χ4v) is 1.83. The maximum atomic E-state index is 12.7. The third-order valence-electron chi connectivity index (χ3n) is 2.46. The number of benzene rings is 2. The van der Waals surface area contributed by atoms with Gasteiger partial charge in [-0.2, -0.15) is 5.10 Å². The maximum absolute atomic E-state index is 12.7. The second-order valence-electron chi connectivity index (χ2n) is 3.92. The monoisotopic (exact) mass is 336 g/mol. The SMILES string of the molecule is O=C(N/N=C\c1ccc(O)c(Br)c1)c1ccc(F)cc1. The molecule has 0 aliphatic heterocycles. The van der Waals surface area contributed by atoms with Gasteiger partial charge in [0.15, 0.2) is 0 Å². The normalized spacial score (nSPS) is 10.7. The third-order valence-corrected chi connectivity index (χ3v) is 3.09. The van der Waals surface area contributed by atoms with E-state index in [0.29, 0.717) is 15.6 Å². The summed E-state index contributed by atoms with van der Waals surface area (Å²) in [5, 5.41) is 13.1. The van der Waals surface area contributed by atoms with Gasteiger partial charge in [0, 0.05) is 5.56 Å². The van der Waals surface area contributed by atoms with Crippen LogP contribution in [0.5, 0.6) is 5.75 Å². The molecule has 2 aromatic rings. The Morgan fingerprint density at radius 3 is 2.60 bits per heavy atom. The molecule has 0 spiro atoms. The molecular formula is C14H10BrFN2O2. The molecule has 2 N–H and O–H groups in total. The van der Waals surface area contributed by atoms with Crippen molar-refractivity contribution in [3.63, 3.8) is 0 Å². The van der Waals surface area contributed by atoms with E-state index in [2.05, 4.69) is 26.5 Å². The third kappa shape index (κ3) is 3.64. The zero-order valence-electron chi connectivity index (χ0n) is 10.2. The summed E-state index contributed by atoms with van der Waals surface area (Å²) in [6.07, 6.45) is 1.44. The summed E-state index contributed by atoms with van der Waals surface area (Å²) in [6.45, 7) is 0. The number of aromatic hydroxyl groups is 1. The summed E-state index contributed by atoms with van der Waals surface area (Å²) in [7, 11) is 0. The number of nitrogens with zero attached hydrogens (tertiary/aromatic N) is 1. The number of halogens is 2. The number of hydrogen-bond donors (Lipinski definition) is 2. The first kappa shape index (κ1) is 14.2. The molecule has 0 atom stereocenters. The Kier molecular flexibility index (Phi) is 4.47. The molecule has 0 bridgehead atoms. The minimum Gasteiger partial charge on any atom is -0.507 e. The lowest BCUT2D eigenvalue weighted by Gasteiger charge is -2.00. The van der Waals surface area contributed by atoms with Crippen LogP contribution in [-0.2, 0) is 0 Å². The molecule has 0 radical (unpaired) electrons. The molecular weight excluding hydrogens is 327 g/mol. The van der Waals surface area contributed by atoms with Crippen molar-refractivity contribution < 1.29 is 14.3 Å². The molecule has 0 aliphatic carbocycles. The van der Waals surface area contributed by atoms with Crippen molar-refractivity contribution in [3.05, 3.63) is 63.9 Å². The number of hydrogen-bond acceptors (Lipinski definition) is 3. The predicted octanol–water partition coefficient (Wildman–Crippen LogP) is 3.06. The molecule has 2 aromatic carbocycles. The second-order valence-corrected chi connectivity index (χ2v) is 4.77. The molecule has 0 saturated heterocycles. The fourth-order valence-electron chi connectivity index (χ4n) is 1.43. The van der Waals surface area contributed by atoms with E-state index >= 15 is 0 Å².